The van der Waals surface area contributed by atoms with Gasteiger partial charge in [0, 0.05) is 19.2 Å². The fourth-order valence-electron chi connectivity index (χ4n) is 1.35. The van der Waals surface area contributed by atoms with Crippen LogP contribution in [0, 0.1) is 23.4 Å². The summed E-state index contributed by atoms with van der Waals surface area (Å²) in [7, 11) is 0. The van der Waals surface area contributed by atoms with Gasteiger partial charge in [-0.3, -0.25) is 0 Å². The normalized spacial score (nSPS) is 14.7. The Bertz CT molecular complexity index is 361. The molecule has 0 spiro atoms. The quantitative estimate of drug-likeness (QED) is 0.782. The molecule has 0 bridgehead atoms. The Kier molecular flexibility index (Phi) is 4.96. The summed E-state index contributed by atoms with van der Waals surface area (Å²) in [5.41, 5.74) is 0.332. The molecule has 0 heterocycles. The Morgan fingerprint density at radius 3 is 2.18 bits per heavy atom. The summed E-state index contributed by atoms with van der Waals surface area (Å²) in [6.45, 7) is 3.96. The molecule has 5 heteroatoms. The van der Waals surface area contributed by atoms with Crippen molar-refractivity contribution in [1.82, 2.24) is 5.32 Å². The van der Waals surface area contributed by atoms with Gasteiger partial charge >= 0.3 is 0 Å². The Morgan fingerprint density at radius 1 is 1.18 bits per heavy atom. The Morgan fingerprint density at radius 2 is 1.71 bits per heavy atom. The van der Waals surface area contributed by atoms with Gasteiger partial charge in [0.05, 0.1) is 0 Å². The van der Waals surface area contributed by atoms with E-state index in [1.54, 1.807) is 0 Å². The van der Waals surface area contributed by atoms with Gasteiger partial charge in [-0.25, -0.2) is 13.2 Å². The molecule has 0 radical (unpaired) electrons. The van der Waals surface area contributed by atoms with Crippen LogP contribution in [0.4, 0.5) is 13.2 Å². The number of benzene rings is 1. The molecule has 1 rings (SSSR count). The Hall–Kier alpha value is -1.07. The van der Waals surface area contributed by atoms with Crippen LogP contribution < -0.4 is 5.32 Å². The van der Waals surface area contributed by atoms with E-state index in [1.165, 1.54) is 0 Å². The molecule has 96 valence electrons. The maximum atomic E-state index is 12.9. The van der Waals surface area contributed by atoms with Crippen molar-refractivity contribution in [3.63, 3.8) is 0 Å². The van der Waals surface area contributed by atoms with E-state index in [0.717, 1.165) is 12.1 Å². The van der Waals surface area contributed by atoms with Gasteiger partial charge in [0.1, 0.15) is 0 Å². The predicted molar refractivity (Wildman–Crippen MR) is 58.9 cm³/mol. The summed E-state index contributed by atoms with van der Waals surface area (Å²) in [6.07, 6.45) is 0. The Balaban J connectivity index is 2.64. The minimum absolute atomic E-state index is 0.00354. The van der Waals surface area contributed by atoms with Crippen LogP contribution >= 0.6 is 0 Å². The molecule has 0 amide bonds. The van der Waals surface area contributed by atoms with Crippen LogP contribution in [0.2, 0.25) is 0 Å². The molecule has 2 atom stereocenters. The zero-order valence-corrected chi connectivity index (χ0v) is 9.80. The average molecular weight is 247 g/mol. The second-order valence-corrected chi connectivity index (χ2v) is 4.20. The van der Waals surface area contributed by atoms with Gasteiger partial charge in [-0.1, -0.05) is 6.92 Å². The van der Waals surface area contributed by atoms with Crippen LogP contribution in [-0.4, -0.2) is 17.8 Å². The van der Waals surface area contributed by atoms with Crippen molar-refractivity contribution in [2.75, 3.05) is 6.61 Å². The standard InChI is InChI=1S/C12H16F3NO/c1-7(6-17)8(2)16-5-9-3-10(13)12(15)11(14)4-9/h3-4,7-8,16-17H,5-6H2,1-2H3. The maximum absolute atomic E-state index is 12.9. The lowest BCUT2D eigenvalue weighted by Crippen LogP contribution is -2.33. The van der Waals surface area contributed by atoms with Gasteiger partial charge in [0.2, 0.25) is 0 Å². The van der Waals surface area contributed by atoms with Crippen LogP contribution in [0.3, 0.4) is 0 Å². The largest absolute Gasteiger partial charge is 0.396 e. The highest BCUT2D eigenvalue weighted by Crippen LogP contribution is 2.14. The molecule has 0 saturated carbocycles. The van der Waals surface area contributed by atoms with Crippen molar-refractivity contribution in [3.05, 3.63) is 35.1 Å². The number of aliphatic hydroxyl groups excluding tert-OH is 1. The summed E-state index contributed by atoms with van der Waals surface area (Å²) in [6, 6.07) is 1.92. The molecular weight excluding hydrogens is 231 g/mol. The highest BCUT2D eigenvalue weighted by atomic mass is 19.2. The lowest BCUT2D eigenvalue weighted by Gasteiger charge is -2.19. The molecule has 2 N–H and O–H groups in total. The van der Waals surface area contributed by atoms with Crippen LogP contribution in [-0.2, 0) is 6.54 Å². The van der Waals surface area contributed by atoms with Crippen LogP contribution in [0.15, 0.2) is 12.1 Å². The number of halogens is 3. The number of hydrogen-bond acceptors (Lipinski definition) is 2. The van der Waals surface area contributed by atoms with Gasteiger partial charge in [-0.2, -0.15) is 0 Å². The molecule has 0 fully saturated rings. The topological polar surface area (TPSA) is 32.3 Å². The van der Waals surface area contributed by atoms with Crippen molar-refractivity contribution in [3.8, 4) is 0 Å². The van der Waals surface area contributed by atoms with E-state index < -0.39 is 17.5 Å². The third-order valence-corrected chi connectivity index (χ3v) is 2.81. The van der Waals surface area contributed by atoms with Gasteiger partial charge in [0.25, 0.3) is 0 Å². The molecule has 0 aliphatic heterocycles. The summed E-state index contributed by atoms with van der Waals surface area (Å²) in [4.78, 5) is 0. The van der Waals surface area contributed by atoms with Crippen molar-refractivity contribution < 1.29 is 18.3 Å². The first kappa shape index (κ1) is 14.0. The zero-order chi connectivity index (χ0) is 13.0. The average Bonchev–Trinajstić information content (AvgIpc) is 2.31. The van der Waals surface area contributed by atoms with Crippen LogP contribution in [0.25, 0.3) is 0 Å². The first-order valence-electron chi connectivity index (χ1n) is 5.43. The van der Waals surface area contributed by atoms with E-state index in [-0.39, 0.29) is 25.1 Å². The number of aliphatic hydroxyl groups is 1. The second kappa shape index (κ2) is 6.02. The minimum Gasteiger partial charge on any atom is -0.396 e. The first-order chi connectivity index (χ1) is 7.95. The lowest BCUT2D eigenvalue weighted by molar-refractivity contribution is 0.207. The predicted octanol–water partition coefficient (Wildman–Crippen LogP) is 2.21. The van der Waals surface area contributed by atoms with Crippen LogP contribution in [0.1, 0.15) is 19.4 Å². The van der Waals surface area contributed by atoms with E-state index in [4.69, 9.17) is 5.11 Å². The van der Waals surface area contributed by atoms with Crippen molar-refractivity contribution in [1.29, 1.82) is 0 Å². The smallest absolute Gasteiger partial charge is 0.194 e. The van der Waals surface area contributed by atoms with Gasteiger partial charge < -0.3 is 10.4 Å². The summed E-state index contributed by atoms with van der Waals surface area (Å²) < 4.78 is 38.5. The highest BCUT2D eigenvalue weighted by Gasteiger charge is 2.13. The fraction of sp³-hybridized carbons (Fsp3) is 0.500. The third kappa shape index (κ3) is 3.71. The zero-order valence-electron chi connectivity index (χ0n) is 9.80. The third-order valence-electron chi connectivity index (χ3n) is 2.81. The molecule has 17 heavy (non-hydrogen) atoms. The monoisotopic (exact) mass is 247 g/mol. The maximum Gasteiger partial charge on any atom is 0.194 e. The molecule has 1 aromatic rings. The van der Waals surface area contributed by atoms with Crippen molar-refractivity contribution in [2.45, 2.75) is 26.4 Å². The van der Waals surface area contributed by atoms with Crippen molar-refractivity contribution in [2.24, 2.45) is 5.92 Å². The number of hydrogen-bond donors (Lipinski definition) is 2. The molecular formula is C12H16F3NO. The molecule has 0 aromatic heterocycles. The van der Waals surface area contributed by atoms with Gasteiger partial charge in [-0.15, -0.1) is 0 Å². The van der Waals surface area contributed by atoms with Gasteiger partial charge in [0.15, 0.2) is 17.5 Å². The second-order valence-electron chi connectivity index (χ2n) is 4.20. The highest BCUT2D eigenvalue weighted by molar-refractivity contribution is 5.19. The Labute approximate surface area is 98.5 Å². The van der Waals surface area contributed by atoms with E-state index in [9.17, 15) is 13.2 Å². The number of nitrogens with one attached hydrogen (secondary N) is 1. The summed E-state index contributed by atoms with van der Waals surface area (Å²) in [5.74, 6) is -3.80. The van der Waals surface area contributed by atoms with Gasteiger partial charge in [-0.05, 0) is 30.5 Å². The van der Waals surface area contributed by atoms with E-state index in [2.05, 4.69) is 5.32 Å². The molecule has 2 nitrogen and oxygen atoms in total. The number of rotatable bonds is 5. The van der Waals surface area contributed by atoms with E-state index in [0.29, 0.717) is 5.56 Å². The molecule has 1 aromatic carbocycles. The fourth-order valence-corrected chi connectivity index (χ4v) is 1.35. The SMILES string of the molecule is CC(CO)C(C)NCc1cc(F)c(F)c(F)c1. The lowest BCUT2D eigenvalue weighted by atomic mass is 10.0. The minimum atomic E-state index is -1.45. The summed E-state index contributed by atoms with van der Waals surface area (Å²) in [5, 5.41) is 11.9. The van der Waals surface area contributed by atoms with Crippen molar-refractivity contribution >= 4 is 0 Å². The van der Waals surface area contributed by atoms with E-state index >= 15 is 0 Å². The summed E-state index contributed by atoms with van der Waals surface area (Å²) >= 11 is 0. The molecule has 0 aliphatic carbocycles. The van der Waals surface area contributed by atoms with Crippen LogP contribution in [0.5, 0.6) is 0 Å². The molecule has 0 aliphatic rings. The van der Waals surface area contributed by atoms with E-state index in [1.807, 2.05) is 13.8 Å². The molecule has 0 saturated heterocycles. The molecule has 2 unspecified atom stereocenters. The first-order valence-corrected chi connectivity index (χ1v) is 5.43.